The summed E-state index contributed by atoms with van der Waals surface area (Å²) in [6, 6.07) is 12.4. The van der Waals surface area contributed by atoms with E-state index in [4.69, 9.17) is 0 Å². The molecule has 25 heavy (non-hydrogen) atoms. The molecular formula is C18H19FN2O3S. The second-order valence-corrected chi connectivity index (χ2v) is 8.07. The minimum absolute atomic E-state index is 0.142. The smallest absolute Gasteiger partial charge is 0.254 e. The minimum atomic E-state index is -3.35. The number of hydrogen-bond donors (Lipinski definition) is 0. The number of carbonyl (C=O) groups excluding carboxylic acids is 1. The van der Waals surface area contributed by atoms with Gasteiger partial charge in [-0.1, -0.05) is 6.07 Å². The van der Waals surface area contributed by atoms with Crippen LogP contribution >= 0.6 is 0 Å². The summed E-state index contributed by atoms with van der Waals surface area (Å²) in [5.74, 6) is -0.451. The minimum Gasteiger partial charge on any atom is -0.368 e. The van der Waals surface area contributed by atoms with Crippen LogP contribution in [0.15, 0.2) is 53.4 Å². The first-order valence-electron chi connectivity index (χ1n) is 7.94. The highest BCUT2D eigenvalue weighted by Crippen LogP contribution is 2.19. The van der Waals surface area contributed by atoms with Gasteiger partial charge in [0, 0.05) is 43.7 Å². The van der Waals surface area contributed by atoms with E-state index in [1.54, 1.807) is 29.2 Å². The van der Waals surface area contributed by atoms with Crippen LogP contribution in [-0.4, -0.2) is 51.7 Å². The van der Waals surface area contributed by atoms with Crippen LogP contribution in [0.5, 0.6) is 0 Å². The first-order chi connectivity index (χ1) is 11.8. The maximum Gasteiger partial charge on any atom is 0.254 e. The highest BCUT2D eigenvalue weighted by Gasteiger charge is 2.23. The zero-order chi connectivity index (χ0) is 18.0. The van der Waals surface area contributed by atoms with E-state index in [0.717, 1.165) is 11.9 Å². The Morgan fingerprint density at radius 3 is 2.24 bits per heavy atom. The van der Waals surface area contributed by atoms with Crippen molar-refractivity contribution in [1.82, 2.24) is 4.90 Å². The molecule has 7 heteroatoms. The second-order valence-electron chi connectivity index (χ2n) is 6.06. The third kappa shape index (κ3) is 3.99. The Labute approximate surface area is 146 Å². The molecule has 0 N–H and O–H groups in total. The van der Waals surface area contributed by atoms with Crippen LogP contribution in [0.25, 0.3) is 0 Å². The Balaban J connectivity index is 1.68. The third-order valence-electron chi connectivity index (χ3n) is 4.27. The molecule has 0 bridgehead atoms. The molecule has 2 aromatic carbocycles. The Bertz CT molecular complexity index is 873. The first kappa shape index (κ1) is 17.4. The zero-order valence-corrected chi connectivity index (χ0v) is 14.7. The molecule has 1 aliphatic heterocycles. The summed E-state index contributed by atoms with van der Waals surface area (Å²) in [4.78, 5) is 16.6. The molecule has 3 rings (SSSR count). The number of halogens is 1. The SMILES string of the molecule is CS(=O)(=O)c1cccc(C(=O)N2CCN(c3ccc(F)cc3)CC2)c1. The highest BCUT2D eigenvalue weighted by atomic mass is 32.2. The molecule has 1 aliphatic rings. The summed E-state index contributed by atoms with van der Waals surface area (Å²) < 4.78 is 36.3. The van der Waals surface area contributed by atoms with Crippen molar-refractivity contribution in [2.24, 2.45) is 0 Å². The van der Waals surface area contributed by atoms with E-state index in [2.05, 4.69) is 4.90 Å². The van der Waals surface area contributed by atoms with Gasteiger partial charge in [-0.3, -0.25) is 4.79 Å². The van der Waals surface area contributed by atoms with Crippen LogP contribution in [0.4, 0.5) is 10.1 Å². The van der Waals surface area contributed by atoms with Gasteiger partial charge in [0.2, 0.25) is 0 Å². The molecule has 0 unspecified atom stereocenters. The molecule has 0 saturated carbocycles. The van der Waals surface area contributed by atoms with E-state index < -0.39 is 9.84 Å². The molecule has 1 saturated heterocycles. The van der Waals surface area contributed by atoms with Crippen molar-refractivity contribution < 1.29 is 17.6 Å². The van der Waals surface area contributed by atoms with Gasteiger partial charge in [-0.2, -0.15) is 0 Å². The van der Waals surface area contributed by atoms with E-state index >= 15 is 0 Å². The molecule has 0 spiro atoms. The summed E-state index contributed by atoms with van der Waals surface area (Å²) in [7, 11) is -3.35. The van der Waals surface area contributed by atoms with Crippen molar-refractivity contribution in [3.63, 3.8) is 0 Å². The van der Waals surface area contributed by atoms with Gasteiger partial charge in [0.05, 0.1) is 4.90 Å². The molecule has 0 aliphatic carbocycles. The normalized spacial score (nSPS) is 15.3. The summed E-state index contributed by atoms with van der Waals surface area (Å²) >= 11 is 0. The van der Waals surface area contributed by atoms with Gasteiger partial charge in [-0.05, 0) is 42.5 Å². The lowest BCUT2D eigenvalue weighted by molar-refractivity contribution is 0.0746. The van der Waals surface area contributed by atoms with Gasteiger partial charge in [-0.15, -0.1) is 0 Å². The molecule has 1 fully saturated rings. The fourth-order valence-electron chi connectivity index (χ4n) is 2.86. The van der Waals surface area contributed by atoms with E-state index in [-0.39, 0.29) is 16.6 Å². The topological polar surface area (TPSA) is 57.7 Å². The summed E-state index contributed by atoms with van der Waals surface area (Å²) in [5, 5.41) is 0. The maximum absolute atomic E-state index is 13.0. The van der Waals surface area contributed by atoms with Gasteiger partial charge in [0.1, 0.15) is 5.82 Å². The van der Waals surface area contributed by atoms with E-state index in [0.29, 0.717) is 31.7 Å². The number of amides is 1. The monoisotopic (exact) mass is 362 g/mol. The molecule has 1 amide bonds. The summed E-state index contributed by atoms with van der Waals surface area (Å²) in [5.41, 5.74) is 1.30. The largest absolute Gasteiger partial charge is 0.368 e. The molecule has 2 aromatic rings. The number of anilines is 1. The number of rotatable bonds is 3. The fraction of sp³-hybridized carbons (Fsp3) is 0.278. The second kappa shape index (κ2) is 6.84. The lowest BCUT2D eigenvalue weighted by atomic mass is 10.1. The quantitative estimate of drug-likeness (QED) is 0.840. The van der Waals surface area contributed by atoms with Crippen molar-refractivity contribution in [3.05, 3.63) is 59.9 Å². The molecule has 1 heterocycles. The molecule has 0 atom stereocenters. The van der Waals surface area contributed by atoms with E-state index in [9.17, 15) is 17.6 Å². The van der Waals surface area contributed by atoms with Crippen molar-refractivity contribution in [2.45, 2.75) is 4.90 Å². The van der Waals surface area contributed by atoms with E-state index in [1.807, 2.05) is 0 Å². The van der Waals surface area contributed by atoms with Crippen molar-refractivity contribution >= 4 is 21.4 Å². The molecular weight excluding hydrogens is 343 g/mol. The number of nitrogens with zero attached hydrogens (tertiary/aromatic N) is 2. The van der Waals surface area contributed by atoms with Gasteiger partial charge in [0.15, 0.2) is 9.84 Å². The van der Waals surface area contributed by atoms with Crippen LogP contribution in [0, 0.1) is 5.82 Å². The van der Waals surface area contributed by atoms with Crippen LogP contribution in [0.3, 0.4) is 0 Å². The van der Waals surface area contributed by atoms with Crippen LogP contribution < -0.4 is 4.90 Å². The Morgan fingerprint density at radius 2 is 1.64 bits per heavy atom. The maximum atomic E-state index is 13.0. The number of hydrogen-bond acceptors (Lipinski definition) is 4. The average molecular weight is 362 g/mol. The predicted molar refractivity (Wildman–Crippen MR) is 94.1 cm³/mol. The average Bonchev–Trinajstić information content (AvgIpc) is 2.61. The fourth-order valence-corrected chi connectivity index (χ4v) is 3.53. The number of piperazine rings is 1. The molecule has 5 nitrogen and oxygen atoms in total. The van der Waals surface area contributed by atoms with Gasteiger partial charge in [-0.25, -0.2) is 12.8 Å². The Morgan fingerprint density at radius 1 is 1.00 bits per heavy atom. The van der Waals surface area contributed by atoms with E-state index in [1.165, 1.54) is 24.3 Å². The number of benzene rings is 2. The first-order valence-corrected chi connectivity index (χ1v) is 9.84. The van der Waals surface area contributed by atoms with Crippen molar-refractivity contribution in [3.8, 4) is 0 Å². The molecule has 0 aromatic heterocycles. The van der Waals surface area contributed by atoms with Crippen molar-refractivity contribution in [1.29, 1.82) is 0 Å². The number of carbonyl (C=O) groups is 1. The van der Waals surface area contributed by atoms with Crippen LogP contribution in [0.1, 0.15) is 10.4 Å². The Hall–Kier alpha value is -2.41. The molecule has 0 radical (unpaired) electrons. The third-order valence-corrected chi connectivity index (χ3v) is 5.38. The standard InChI is InChI=1S/C18H19FN2O3S/c1-25(23,24)17-4-2-3-14(13-17)18(22)21-11-9-20(10-12-21)16-7-5-15(19)6-8-16/h2-8,13H,9-12H2,1H3. The highest BCUT2D eigenvalue weighted by molar-refractivity contribution is 7.90. The zero-order valence-electron chi connectivity index (χ0n) is 13.9. The molecule has 132 valence electrons. The van der Waals surface area contributed by atoms with Crippen LogP contribution in [-0.2, 0) is 9.84 Å². The summed E-state index contributed by atoms with van der Waals surface area (Å²) in [6.07, 6.45) is 1.12. The predicted octanol–water partition coefficient (Wildman–Crippen LogP) is 2.19. The van der Waals surface area contributed by atoms with Gasteiger partial charge >= 0.3 is 0 Å². The lowest BCUT2D eigenvalue weighted by Gasteiger charge is -2.36. The van der Waals surface area contributed by atoms with Crippen LogP contribution in [0.2, 0.25) is 0 Å². The Kier molecular flexibility index (Phi) is 4.76. The van der Waals surface area contributed by atoms with Crippen molar-refractivity contribution in [2.75, 3.05) is 37.3 Å². The van der Waals surface area contributed by atoms with Gasteiger partial charge in [0.25, 0.3) is 5.91 Å². The lowest BCUT2D eigenvalue weighted by Crippen LogP contribution is -2.48. The number of sulfone groups is 1. The summed E-state index contributed by atoms with van der Waals surface area (Å²) in [6.45, 7) is 2.34. The van der Waals surface area contributed by atoms with Gasteiger partial charge < -0.3 is 9.80 Å².